The van der Waals surface area contributed by atoms with Gasteiger partial charge in [0.15, 0.2) is 0 Å². The lowest BCUT2D eigenvalue weighted by molar-refractivity contribution is 1.25. The van der Waals surface area contributed by atoms with Crippen molar-refractivity contribution in [3.8, 4) is 0 Å². The van der Waals surface area contributed by atoms with Gasteiger partial charge < -0.3 is 0 Å². The molecule has 0 amide bonds. The molecule has 1 aliphatic heterocycles. The van der Waals surface area contributed by atoms with Crippen molar-refractivity contribution in [1.29, 1.82) is 0 Å². The number of hydrogen-bond acceptors (Lipinski definition) is 1. The largest absolute Gasteiger partial charge is 0.253 e. The van der Waals surface area contributed by atoms with Gasteiger partial charge in [-0.1, -0.05) is 56.3 Å². The highest BCUT2D eigenvalue weighted by Gasteiger charge is 2.00. The van der Waals surface area contributed by atoms with Crippen molar-refractivity contribution in [1.82, 2.24) is 0 Å². The van der Waals surface area contributed by atoms with Gasteiger partial charge in [0.05, 0.1) is 5.71 Å². The Kier molecular flexibility index (Phi) is 5.27. The molecule has 0 spiro atoms. The van der Waals surface area contributed by atoms with Gasteiger partial charge in [0.2, 0.25) is 0 Å². The summed E-state index contributed by atoms with van der Waals surface area (Å²) in [6, 6.07) is 10.3. The lowest BCUT2D eigenvalue weighted by Crippen LogP contribution is -1.95. The van der Waals surface area contributed by atoms with Crippen molar-refractivity contribution in [2.75, 3.05) is 0 Å². The third-order valence-electron chi connectivity index (χ3n) is 2.19. The van der Waals surface area contributed by atoms with Crippen LogP contribution in [-0.4, -0.2) is 5.71 Å². The molecule has 1 heteroatoms. The van der Waals surface area contributed by atoms with Gasteiger partial charge in [0.25, 0.3) is 0 Å². The van der Waals surface area contributed by atoms with Crippen LogP contribution in [0.1, 0.15) is 32.8 Å². The van der Waals surface area contributed by atoms with Crippen molar-refractivity contribution in [2.24, 2.45) is 4.99 Å². The molecular weight excluding hydrogens is 194 g/mol. The van der Waals surface area contributed by atoms with Gasteiger partial charge in [0.1, 0.15) is 0 Å². The number of aliphatic imine (C=N–C) groups is 1. The maximum atomic E-state index is 4.54. The predicted molar refractivity (Wildman–Crippen MR) is 71.8 cm³/mol. The van der Waals surface area contributed by atoms with Crippen molar-refractivity contribution in [2.45, 2.75) is 27.2 Å². The van der Waals surface area contributed by atoms with E-state index in [1.165, 1.54) is 5.56 Å². The predicted octanol–water partition coefficient (Wildman–Crippen LogP) is 4.37. The summed E-state index contributed by atoms with van der Waals surface area (Å²) >= 11 is 0. The fourth-order valence-corrected chi connectivity index (χ4v) is 1.46. The standard InChI is InChI=1S/C13H13N.C2H6/c1-11-7-5-6-10-13(14-11)12-8-3-2-4-9-12;1-2/h2-4,6-10H,5H2,1H3;1-2H3. The highest BCUT2D eigenvalue weighted by Crippen LogP contribution is 2.10. The second-order valence-corrected chi connectivity index (χ2v) is 3.35. The Morgan fingerprint density at radius 3 is 2.44 bits per heavy atom. The Balaban J connectivity index is 0.000000606. The molecule has 1 aliphatic rings. The molecule has 0 atom stereocenters. The maximum absolute atomic E-state index is 4.54. The van der Waals surface area contributed by atoms with E-state index in [0.717, 1.165) is 17.8 Å². The molecule has 1 aromatic carbocycles. The minimum atomic E-state index is 0.978. The molecule has 0 aromatic heterocycles. The molecule has 0 unspecified atom stereocenters. The van der Waals surface area contributed by atoms with Crippen LogP contribution >= 0.6 is 0 Å². The topological polar surface area (TPSA) is 12.4 Å². The molecular formula is C15H19N. The summed E-state index contributed by atoms with van der Waals surface area (Å²) in [5.41, 5.74) is 3.32. The van der Waals surface area contributed by atoms with E-state index in [-0.39, 0.29) is 0 Å². The normalized spacial score (nSPS) is 14.2. The lowest BCUT2D eigenvalue weighted by atomic mass is 10.1. The number of rotatable bonds is 1. The average Bonchev–Trinajstić information content (AvgIpc) is 2.58. The molecule has 16 heavy (non-hydrogen) atoms. The molecule has 0 fully saturated rings. The molecule has 0 saturated heterocycles. The Morgan fingerprint density at radius 2 is 1.75 bits per heavy atom. The van der Waals surface area contributed by atoms with Gasteiger partial charge in [-0.2, -0.15) is 0 Å². The van der Waals surface area contributed by atoms with E-state index >= 15 is 0 Å². The van der Waals surface area contributed by atoms with Crippen molar-refractivity contribution >= 4 is 5.71 Å². The van der Waals surface area contributed by atoms with Crippen LogP contribution in [0.2, 0.25) is 0 Å². The molecule has 0 bridgehead atoms. The second-order valence-electron chi connectivity index (χ2n) is 3.35. The monoisotopic (exact) mass is 213 g/mol. The molecule has 0 aliphatic carbocycles. The number of benzene rings is 1. The summed E-state index contributed by atoms with van der Waals surface area (Å²) in [6.45, 7) is 6.04. The van der Waals surface area contributed by atoms with Gasteiger partial charge in [-0.05, 0) is 19.4 Å². The first-order valence-electron chi connectivity index (χ1n) is 5.84. The van der Waals surface area contributed by atoms with E-state index < -0.39 is 0 Å². The van der Waals surface area contributed by atoms with Crippen LogP contribution in [0.15, 0.2) is 59.2 Å². The number of nitrogens with zero attached hydrogens (tertiary/aromatic N) is 1. The Bertz CT molecular complexity index is 397. The van der Waals surface area contributed by atoms with Crippen molar-refractivity contribution < 1.29 is 0 Å². The van der Waals surface area contributed by atoms with Gasteiger partial charge in [-0.15, -0.1) is 0 Å². The van der Waals surface area contributed by atoms with Gasteiger partial charge in [0, 0.05) is 11.3 Å². The van der Waals surface area contributed by atoms with E-state index in [4.69, 9.17) is 0 Å². The van der Waals surface area contributed by atoms with Crippen LogP contribution in [-0.2, 0) is 0 Å². The summed E-state index contributed by atoms with van der Waals surface area (Å²) in [6.07, 6.45) is 7.34. The summed E-state index contributed by atoms with van der Waals surface area (Å²) in [5, 5.41) is 0. The van der Waals surface area contributed by atoms with Crippen LogP contribution in [0, 0.1) is 0 Å². The SMILES string of the molecule is CC.CC1=CCC=CC(c2ccccc2)=N1. The quantitative estimate of drug-likeness (QED) is 0.657. The molecule has 1 nitrogen and oxygen atoms in total. The zero-order valence-electron chi connectivity index (χ0n) is 10.3. The zero-order valence-corrected chi connectivity index (χ0v) is 10.3. The van der Waals surface area contributed by atoms with Crippen molar-refractivity contribution in [3.05, 3.63) is 59.8 Å². The minimum absolute atomic E-state index is 0.978. The van der Waals surface area contributed by atoms with E-state index in [1.54, 1.807) is 0 Å². The molecule has 84 valence electrons. The molecule has 0 N–H and O–H groups in total. The van der Waals surface area contributed by atoms with E-state index in [2.05, 4.69) is 35.4 Å². The van der Waals surface area contributed by atoms with Crippen LogP contribution < -0.4 is 0 Å². The van der Waals surface area contributed by atoms with Gasteiger partial charge in [-0.3, -0.25) is 4.99 Å². The smallest absolute Gasteiger partial charge is 0.0701 e. The first-order chi connectivity index (χ1) is 7.86. The molecule has 1 aromatic rings. The van der Waals surface area contributed by atoms with E-state index in [0.29, 0.717) is 0 Å². The van der Waals surface area contributed by atoms with Crippen molar-refractivity contribution in [3.63, 3.8) is 0 Å². The molecule has 2 rings (SSSR count). The summed E-state index contributed by atoms with van der Waals surface area (Å²) < 4.78 is 0. The van der Waals surface area contributed by atoms with Crippen LogP contribution in [0.25, 0.3) is 0 Å². The number of hydrogen-bond donors (Lipinski definition) is 0. The highest BCUT2D eigenvalue weighted by molar-refractivity contribution is 6.09. The first kappa shape index (κ1) is 12.4. The third kappa shape index (κ3) is 3.50. The Labute approximate surface area is 98.2 Å². The first-order valence-corrected chi connectivity index (χ1v) is 5.84. The third-order valence-corrected chi connectivity index (χ3v) is 2.19. The van der Waals surface area contributed by atoms with Gasteiger partial charge in [-0.25, -0.2) is 0 Å². The Morgan fingerprint density at radius 1 is 1.06 bits per heavy atom. The van der Waals surface area contributed by atoms with Crippen LogP contribution in [0.3, 0.4) is 0 Å². The van der Waals surface area contributed by atoms with E-state index in [9.17, 15) is 0 Å². The fourth-order valence-electron chi connectivity index (χ4n) is 1.46. The summed E-state index contributed by atoms with van der Waals surface area (Å²) in [5.74, 6) is 0. The van der Waals surface area contributed by atoms with Gasteiger partial charge >= 0.3 is 0 Å². The number of allylic oxidation sites excluding steroid dienone is 4. The maximum Gasteiger partial charge on any atom is 0.0701 e. The molecule has 0 saturated carbocycles. The summed E-state index contributed by atoms with van der Waals surface area (Å²) in [4.78, 5) is 4.54. The van der Waals surface area contributed by atoms with Crippen LogP contribution in [0.5, 0.6) is 0 Å². The second kappa shape index (κ2) is 6.78. The molecule has 1 heterocycles. The zero-order chi connectivity index (χ0) is 11.8. The van der Waals surface area contributed by atoms with E-state index in [1.807, 2.05) is 39.0 Å². The minimum Gasteiger partial charge on any atom is -0.253 e. The lowest BCUT2D eigenvalue weighted by Gasteiger charge is -2.00. The molecule has 0 radical (unpaired) electrons. The highest BCUT2D eigenvalue weighted by atomic mass is 14.7. The van der Waals surface area contributed by atoms with Crippen LogP contribution in [0.4, 0.5) is 0 Å². The fraction of sp³-hybridized carbons (Fsp3) is 0.267. The Hall–Kier alpha value is -1.63. The summed E-state index contributed by atoms with van der Waals surface area (Å²) in [7, 11) is 0. The average molecular weight is 213 g/mol.